The van der Waals surface area contributed by atoms with Crippen molar-refractivity contribution < 1.29 is 0 Å². The Morgan fingerprint density at radius 3 is 2.46 bits per heavy atom. The molecule has 0 atom stereocenters. The third-order valence-corrected chi connectivity index (χ3v) is 2.06. The van der Waals surface area contributed by atoms with Gasteiger partial charge >= 0.3 is 0 Å². The van der Waals surface area contributed by atoms with Gasteiger partial charge in [-0.15, -0.1) is 12.4 Å². The van der Waals surface area contributed by atoms with E-state index in [2.05, 4.69) is 44.3 Å². The lowest BCUT2D eigenvalue weighted by molar-refractivity contribution is 0.723. The van der Waals surface area contributed by atoms with Crippen molar-refractivity contribution in [2.45, 2.75) is 27.3 Å². The highest BCUT2D eigenvalue weighted by molar-refractivity contribution is 5.85. The predicted molar refractivity (Wildman–Crippen MR) is 60.5 cm³/mol. The molecule has 0 fully saturated rings. The molecule has 74 valence electrons. The molecule has 0 saturated carbocycles. The van der Waals surface area contributed by atoms with Crippen molar-refractivity contribution in [1.82, 2.24) is 5.32 Å². The number of hydrogen-bond donors (Lipinski definition) is 1. The molecule has 0 radical (unpaired) electrons. The maximum atomic E-state index is 3.32. The Bertz CT molecular complexity index is 258. The summed E-state index contributed by atoms with van der Waals surface area (Å²) in [6.07, 6.45) is 0. The van der Waals surface area contributed by atoms with Crippen molar-refractivity contribution in [3.8, 4) is 0 Å². The van der Waals surface area contributed by atoms with Crippen LogP contribution in [0.1, 0.15) is 23.6 Å². The lowest BCUT2D eigenvalue weighted by atomic mass is 10.1. The SMILES string of the molecule is CCNCc1ccc(C)cc1C.Cl. The maximum Gasteiger partial charge on any atom is 0.0208 e. The van der Waals surface area contributed by atoms with Gasteiger partial charge < -0.3 is 5.32 Å². The molecule has 0 unspecified atom stereocenters. The molecule has 0 aliphatic rings. The summed E-state index contributed by atoms with van der Waals surface area (Å²) in [5, 5.41) is 3.32. The van der Waals surface area contributed by atoms with Crippen molar-refractivity contribution in [2.75, 3.05) is 6.54 Å². The fourth-order valence-corrected chi connectivity index (χ4v) is 1.30. The molecule has 0 aromatic heterocycles. The van der Waals surface area contributed by atoms with Crippen LogP contribution in [-0.4, -0.2) is 6.54 Å². The molecule has 0 aliphatic carbocycles. The van der Waals surface area contributed by atoms with Crippen LogP contribution in [0, 0.1) is 13.8 Å². The monoisotopic (exact) mass is 199 g/mol. The second kappa shape index (κ2) is 6.01. The summed E-state index contributed by atoms with van der Waals surface area (Å²) >= 11 is 0. The van der Waals surface area contributed by atoms with Crippen LogP contribution in [0.3, 0.4) is 0 Å². The highest BCUT2D eigenvalue weighted by Crippen LogP contribution is 2.09. The zero-order valence-electron chi connectivity index (χ0n) is 8.55. The Kier molecular flexibility index (Phi) is 5.76. The summed E-state index contributed by atoms with van der Waals surface area (Å²) in [7, 11) is 0. The van der Waals surface area contributed by atoms with E-state index in [1.807, 2.05) is 0 Å². The molecule has 0 spiro atoms. The van der Waals surface area contributed by atoms with Gasteiger partial charge in [0.1, 0.15) is 0 Å². The molecular formula is C11H18ClN. The van der Waals surface area contributed by atoms with E-state index in [0.717, 1.165) is 13.1 Å². The number of hydrogen-bond acceptors (Lipinski definition) is 1. The zero-order valence-corrected chi connectivity index (χ0v) is 9.37. The Hall–Kier alpha value is -0.530. The lowest BCUT2D eigenvalue weighted by Crippen LogP contribution is -2.12. The molecule has 0 saturated heterocycles. The van der Waals surface area contributed by atoms with E-state index >= 15 is 0 Å². The van der Waals surface area contributed by atoms with Gasteiger partial charge in [-0.3, -0.25) is 0 Å². The van der Waals surface area contributed by atoms with Crippen LogP contribution in [0.5, 0.6) is 0 Å². The van der Waals surface area contributed by atoms with Crippen LogP contribution < -0.4 is 5.32 Å². The first-order chi connectivity index (χ1) is 5.74. The minimum Gasteiger partial charge on any atom is -0.313 e. The average Bonchev–Trinajstić information content (AvgIpc) is 2.03. The van der Waals surface area contributed by atoms with Crippen molar-refractivity contribution in [1.29, 1.82) is 0 Å². The molecule has 0 bridgehead atoms. The minimum atomic E-state index is 0. The first-order valence-electron chi connectivity index (χ1n) is 4.51. The number of rotatable bonds is 3. The molecule has 1 nitrogen and oxygen atoms in total. The molecule has 0 aliphatic heterocycles. The van der Waals surface area contributed by atoms with Crippen LogP contribution in [0.2, 0.25) is 0 Å². The van der Waals surface area contributed by atoms with E-state index < -0.39 is 0 Å². The largest absolute Gasteiger partial charge is 0.313 e. The Morgan fingerprint density at radius 1 is 1.23 bits per heavy atom. The summed E-state index contributed by atoms with van der Waals surface area (Å²) in [5.74, 6) is 0. The van der Waals surface area contributed by atoms with Crippen LogP contribution in [0.4, 0.5) is 0 Å². The molecular weight excluding hydrogens is 182 g/mol. The van der Waals surface area contributed by atoms with E-state index in [9.17, 15) is 0 Å². The van der Waals surface area contributed by atoms with E-state index in [0.29, 0.717) is 0 Å². The third-order valence-electron chi connectivity index (χ3n) is 2.06. The molecule has 2 heteroatoms. The summed E-state index contributed by atoms with van der Waals surface area (Å²) in [5.41, 5.74) is 4.13. The van der Waals surface area contributed by atoms with Gasteiger partial charge in [0.05, 0.1) is 0 Å². The molecule has 0 heterocycles. The molecule has 1 N–H and O–H groups in total. The van der Waals surface area contributed by atoms with E-state index in [-0.39, 0.29) is 12.4 Å². The van der Waals surface area contributed by atoms with Crippen molar-refractivity contribution in [2.24, 2.45) is 0 Å². The van der Waals surface area contributed by atoms with Gasteiger partial charge in [-0.25, -0.2) is 0 Å². The first-order valence-corrected chi connectivity index (χ1v) is 4.51. The molecule has 1 aromatic rings. The van der Waals surface area contributed by atoms with Gasteiger partial charge in [0, 0.05) is 6.54 Å². The minimum absolute atomic E-state index is 0. The van der Waals surface area contributed by atoms with Gasteiger partial charge in [0.15, 0.2) is 0 Å². The maximum absolute atomic E-state index is 3.32. The van der Waals surface area contributed by atoms with Crippen LogP contribution >= 0.6 is 12.4 Å². The number of benzene rings is 1. The molecule has 1 aromatic carbocycles. The highest BCUT2D eigenvalue weighted by Gasteiger charge is 1.96. The van der Waals surface area contributed by atoms with Crippen LogP contribution in [0.15, 0.2) is 18.2 Å². The Labute approximate surface area is 87.0 Å². The van der Waals surface area contributed by atoms with E-state index in [1.54, 1.807) is 0 Å². The standard InChI is InChI=1S/C11H17N.ClH/c1-4-12-8-11-6-5-9(2)7-10(11)3;/h5-7,12H,4,8H2,1-3H3;1H. The van der Waals surface area contributed by atoms with Crippen molar-refractivity contribution >= 4 is 12.4 Å². The van der Waals surface area contributed by atoms with Crippen molar-refractivity contribution in [3.05, 3.63) is 34.9 Å². The van der Waals surface area contributed by atoms with Crippen LogP contribution in [-0.2, 0) is 6.54 Å². The van der Waals surface area contributed by atoms with E-state index in [4.69, 9.17) is 0 Å². The Balaban J connectivity index is 0.00000144. The average molecular weight is 200 g/mol. The summed E-state index contributed by atoms with van der Waals surface area (Å²) in [4.78, 5) is 0. The topological polar surface area (TPSA) is 12.0 Å². The van der Waals surface area contributed by atoms with Crippen LogP contribution in [0.25, 0.3) is 0 Å². The third kappa shape index (κ3) is 3.79. The van der Waals surface area contributed by atoms with Gasteiger partial charge in [-0.05, 0) is 31.5 Å². The van der Waals surface area contributed by atoms with Gasteiger partial charge in [-0.1, -0.05) is 30.7 Å². The number of halogens is 1. The molecule has 13 heavy (non-hydrogen) atoms. The summed E-state index contributed by atoms with van der Waals surface area (Å²) in [6.45, 7) is 8.45. The smallest absolute Gasteiger partial charge is 0.0208 e. The fourth-order valence-electron chi connectivity index (χ4n) is 1.30. The van der Waals surface area contributed by atoms with E-state index in [1.165, 1.54) is 16.7 Å². The van der Waals surface area contributed by atoms with Crippen molar-refractivity contribution in [3.63, 3.8) is 0 Å². The second-order valence-corrected chi connectivity index (χ2v) is 3.21. The highest BCUT2D eigenvalue weighted by atomic mass is 35.5. The second-order valence-electron chi connectivity index (χ2n) is 3.21. The molecule has 0 amide bonds. The number of aryl methyl sites for hydroxylation is 2. The fraction of sp³-hybridized carbons (Fsp3) is 0.455. The number of nitrogens with one attached hydrogen (secondary N) is 1. The molecule has 1 rings (SSSR count). The zero-order chi connectivity index (χ0) is 8.97. The first kappa shape index (κ1) is 12.5. The van der Waals surface area contributed by atoms with Gasteiger partial charge in [0.2, 0.25) is 0 Å². The quantitative estimate of drug-likeness (QED) is 0.790. The summed E-state index contributed by atoms with van der Waals surface area (Å²) in [6, 6.07) is 6.60. The van der Waals surface area contributed by atoms with Gasteiger partial charge in [0.25, 0.3) is 0 Å². The summed E-state index contributed by atoms with van der Waals surface area (Å²) < 4.78 is 0. The lowest BCUT2D eigenvalue weighted by Gasteiger charge is -2.06. The predicted octanol–water partition coefficient (Wildman–Crippen LogP) is 2.83. The Morgan fingerprint density at radius 2 is 1.92 bits per heavy atom. The van der Waals surface area contributed by atoms with Gasteiger partial charge in [-0.2, -0.15) is 0 Å². The normalized spacial score (nSPS) is 9.46.